The normalized spacial score (nSPS) is 9.91. The highest BCUT2D eigenvalue weighted by Gasteiger charge is 1.91. The first-order chi connectivity index (χ1) is 5.43. The molecule has 0 aliphatic carbocycles. The van der Waals surface area contributed by atoms with Crippen LogP contribution in [0.1, 0.15) is 6.92 Å². The lowest BCUT2D eigenvalue weighted by molar-refractivity contribution is 0.110. The summed E-state index contributed by atoms with van der Waals surface area (Å²) >= 11 is 1.64. The summed E-state index contributed by atoms with van der Waals surface area (Å²) in [5, 5.41) is 3.97. The van der Waals surface area contributed by atoms with Gasteiger partial charge in [-0.05, 0) is 18.4 Å². The van der Waals surface area contributed by atoms with E-state index in [1.54, 1.807) is 11.3 Å². The van der Waals surface area contributed by atoms with Crippen molar-refractivity contribution in [3.8, 4) is 5.75 Å². The lowest BCUT2D eigenvalue weighted by atomic mass is 10.6. The number of hydrogen-bond acceptors (Lipinski definition) is 3. The van der Waals surface area contributed by atoms with Crippen molar-refractivity contribution in [2.45, 2.75) is 6.92 Å². The van der Waals surface area contributed by atoms with E-state index in [1.165, 1.54) is 0 Å². The fraction of sp³-hybridized carbons (Fsp3) is 0.500. The predicted molar refractivity (Wildman–Crippen MR) is 46.3 cm³/mol. The third-order valence-corrected chi connectivity index (χ3v) is 1.86. The molecule has 11 heavy (non-hydrogen) atoms. The largest absolute Gasteiger partial charge is 0.490 e. The molecule has 0 bridgehead atoms. The fourth-order valence-corrected chi connectivity index (χ4v) is 1.27. The van der Waals surface area contributed by atoms with Crippen LogP contribution in [0, 0.1) is 0 Å². The zero-order valence-electron chi connectivity index (χ0n) is 6.58. The van der Waals surface area contributed by atoms with Crippen LogP contribution in [-0.2, 0) is 4.74 Å². The highest BCUT2D eigenvalue weighted by molar-refractivity contribution is 7.08. The lowest BCUT2D eigenvalue weighted by Crippen LogP contribution is -2.05. The molecule has 1 aromatic rings. The van der Waals surface area contributed by atoms with Gasteiger partial charge >= 0.3 is 0 Å². The molecule has 0 aliphatic rings. The molecule has 0 radical (unpaired) electrons. The average Bonchev–Trinajstić information content (AvgIpc) is 2.50. The van der Waals surface area contributed by atoms with Crippen LogP contribution in [0.15, 0.2) is 16.8 Å². The molecular weight excluding hydrogens is 160 g/mol. The Morgan fingerprint density at radius 3 is 3.00 bits per heavy atom. The monoisotopic (exact) mass is 172 g/mol. The van der Waals surface area contributed by atoms with E-state index in [2.05, 4.69) is 0 Å². The van der Waals surface area contributed by atoms with Gasteiger partial charge in [-0.25, -0.2) is 0 Å². The molecule has 0 amide bonds. The van der Waals surface area contributed by atoms with Gasteiger partial charge in [0.2, 0.25) is 0 Å². The van der Waals surface area contributed by atoms with Gasteiger partial charge in [-0.15, -0.1) is 11.3 Å². The van der Waals surface area contributed by atoms with Gasteiger partial charge in [-0.2, -0.15) is 0 Å². The Hall–Kier alpha value is -0.540. The van der Waals surface area contributed by atoms with E-state index in [4.69, 9.17) is 9.47 Å². The van der Waals surface area contributed by atoms with Crippen LogP contribution in [0.2, 0.25) is 0 Å². The minimum atomic E-state index is 0.643. The zero-order chi connectivity index (χ0) is 7.94. The van der Waals surface area contributed by atoms with Crippen molar-refractivity contribution in [3.05, 3.63) is 16.8 Å². The van der Waals surface area contributed by atoms with Crippen molar-refractivity contribution in [2.75, 3.05) is 19.8 Å². The summed E-state index contributed by atoms with van der Waals surface area (Å²) in [6, 6.07) is 1.95. The maximum atomic E-state index is 5.33. The second-order valence-electron chi connectivity index (χ2n) is 2.00. The Morgan fingerprint density at radius 2 is 2.36 bits per heavy atom. The number of rotatable bonds is 5. The van der Waals surface area contributed by atoms with Crippen LogP contribution in [-0.4, -0.2) is 19.8 Å². The average molecular weight is 172 g/mol. The molecular formula is C8H12O2S. The minimum Gasteiger partial charge on any atom is -0.490 e. The van der Waals surface area contributed by atoms with Gasteiger partial charge in [0, 0.05) is 12.0 Å². The van der Waals surface area contributed by atoms with E-state index in [0.29, 0.717) is 13.2 Å². The summed E-state index contributed by atoms with van der Waals surface area (Å²) in [7, 11) is 0. The molecule has 0 spiro atoms. The predicted octanol–water partition coefficient (Wildman–Crippen LogP) is 2.16. The van der Waals surface area contributed by atoms with Crippen molar-refractivity contribution in [2.24, 2.45) is 0 Å². The maximum absolute atomic E-state index is 5.33. The van der Waals surface area contributed by atoms with Crippen LogP contribution in [0.4, 0.5) is 0 Å². The standard InChI is InChI=1S/C8H12O2S/c1-2-9-4-5-10-8-3-6-11-7-8/h3,6-7H,2,4-5H2,1H3. The molecule has 0 aromatic carbocycles. The third-order valence-electron chi connectivity index (χ3n) is 1.20. The van der Waals surface area contributed by atoms with E-state index in [0.717, 1.165) is 12.4 Å². The summed E-state index contributed by atoms with van der Waals surface area (Å²) in [4.78, 5) is 0. The summed E-state index contributed by atoms with van der Waals surface area (Å²) in [5.74, 6) is 0.940. The first kappa shape index (κ1) is 8.56. The van der Waals surface area contributed by atoms with Gasteiger partial charge in [0.1, 0.15) is 12.4 Å². The summed E-state index contributed by atoms with van der Waals surface area (Å²) in [5.41, 5.74) is 0. The molecule has 0 fully saturated rings. The van der Waals surface area contributed by atoms with Crippen LogP contribution in [0.3, 0.4) is 0 Å². The Bertz CT molecular complexity index is 172. The van der Waals surface area contributed by atoms with Crippen molar-refractivity contribution in [1.82, 2.24) is 0 Å². The second-order valence-corrected chi connectivity index (χ2v) is 2.78. The highest BCUT2D eigenvalue weighted by atomic mass is 32.1. The van der Waals surface area contributed by atoms with Gasteiger partial charge in [0.15, 0.2) is 0 Å². The topological polar surface area (TPSA) is 18.5 Å². The zero-order valence-corrected chi connectivity index (χ0v) is 7.39. The molecule has 0 unspecified atom stereocenters. The lowest BCUT2D eigenvalue weighted by Gasteiger charge is -2.02. The molecule has 1 aromatic heterocycles. The first-order valence-corrected chi connectivity index (χ1v) is 4.60. The van der Waals surface area contributed by atoms with Crippen molar-refractivity contribution in [1.29, 1.82) is 0 Å². The summed E-state index contributed by atoms with van der Waals surface area (Å²) in [6.07, 6.45) is 0. The molecule has 0 N–H and O–H groups in total. The van der Waals surface area contributed by atoms with E-state index < -0.39 is 0 Å². The Labute approximate surface area is 70.8 Å². The van der Waals surface area contributed by atoms with E-state index in [1.807, 2.05) is 23.8 Å². The van der Waals surface area contributed by atoms with Gasteiger partial charge in [-0.3, -0.25) is 0 Å². The third kappa shape index (κ3) is 3.39. The molecule has 3 heteroatoms. The minimum absolute atomic E-state index is 0.643. The Balaban J connectivity index is 2.04. The van der Waals surface area contributed by atoms with Gasteiger partial charge < -0.3 is 9.47 Å². The number of hydrogen-bond donors (Lipinski definition) is 0. The Kier molecular flexibility index (Phi) is 4.01. The number of ether oxygens (including phenoxy) is 2. The number of thiophene rings is 1. The van der Waals surface area contributed by atoms with Crippen LogP contribution >= 0.6 is 11.3 Å². The van der Waals surface area contributed by atoms with Crippen molar-refractivity contribution < 1.29 is 9.47 Å². The van der Waals surface area contributed by atoms with Gasteiger partial charge in [0.05, 0.1) is 6.61 Å². The second kappa shape index (κ2) is 5.16. The molecule has 1 heterocycles. The molecule has 0 saturated carbocycles. The molecule has 0 atom stereocenters. The van der Waals surface area contributed by atoms with Crippen molar-refractivity contribution >= 4 is 11.3 Å². The molecule has 62 valence electrons. The van der Waals surface area contributed by atoms with E-state index in [9.17, 15) is 0 Å². The maximum Gasteiger partial charge on any atom is 0.130 e. The van der Waals surface area contributed by atoms with E-state index >= 15 is 0 Å². The molecule has 2 nitrogen and oxygen atoms in total. The first-order valence-electron chi connectivity index (χ1n) is 3.66. The molecule has 1 rings (SSSR count). The summed E-state index contributed by atoms with van der Waals surface area (Å²) < 4.78 is 10.4. The SMILES string of the molecule is CCOCCOc1ccsc1. The fourth-order valence-electron chi connectivity index (χ4n) is 0.697. The Morgan fingerprint density at radius 1 is 1.45 bits per heavy atom. The van der Waals surface area contributed by atoms with Crippen LogP contribution in [0.25, 0.3) is 0 Å². The highest BCUT2D eigenvalue weighted by Crippen LogP contribution is 2.14. The molecule has 0 aliphatic heterocycles. The van der Waals surface area contributed by atoms with Crippen molar-refractivity contribution in [3.63, 3.8) is 0 Å². The summed E-state index contributed by atoms with van der Waals surface area (Å²) in [6.45, 7) is 4.05. The van der Waals surface area contributed by atoms with Gasteiger partial charge in [0.25, 0.3) is 0 Å². The smallest absolute Gasteiger partial charge is 0.130 e. The quantitative estimate of drug-likeness (QED) is 0.634. The van der Waals surface area contributed by atoms with Crippen LogP contribution in [0.5, 0.6) is 5.75 Å². The molecule has 0 saturated heterocycles. The van der Waals surface area contributed by atoms with E-state index in [-0.39, 0.29) is 0 Å². The van der Waals surface area contributed by atoms with Crippen LogP contribution < -0.4 is 4.74 Å². The van der Waals surface area contributed by atoms with Gasteiger partial charge in [-0.1, -0.05) is 0 Å².